The van der Waals surface area contributed by atoms with E-state index in [2.05, 4.69) is 6.92 Å². The minimum atomic E-state index is 0.296. The van der Waals surface area contributed by atoms with Crippen molar-refractivity contribution in [3.63, 3.8) is 0 Å². The number of hydrogen-bond acceptors (Lipinski definition) is 2. The van der Waals surface area contributed by atoms with Crippen LogP contribution in [0.4, 0.5) is 0 Å². The molecule has 0 spiro atoms. The maximum absolute atomic E-state index is 6.00. The zero-order chi connectivity index (χ0) is 9.26. The molecule has 0 aromatic heterocycles. The molecule has 1 saturated heterocycles. The Hall–Kier alpha value is -0.0800. The van der Waals surface area contributed by atoms with Crippen molar-refractivity contribution in [2.45, 2.75) is 63.7 Å². The van der Waals surface area contributed by atoms with Crippen LogP contribution in [0.25, 0.3) is 0 Å². The minimum Gasteiger partial charge on any atom is -0.375 e. The maximum atomic E-state index is 6.00. The molecule has 2 fully saturated rings. The van der Waals surface area contributed by atoms with Gasteiger partial charge in [-0.25, -0.2) is 0 Å². The lowest BCUT2D eigenvalue weighted by Gasteiger charge is -2.23. The summed E-state index contributed by atoms with van der Waals surface area (Å²) in [5, 5.41) is 0. The molecule has 1 aliphatic carbocycles. The van der Waals surface area contributed by atoms with E-state index in [4.69, 9.17) is 10.5 Å². The third kappa shape index (κ3) is 2.23. The lowest BCUT2D eigenvalue weighted by molar-refractivity contribution is 0.0138. The molecule has 0 aromatic rings. The number of ether oxygens (including phenoxy) is 1. The molecule has 2 heteroatoms. The predicted molar refractivity (Wildman–Crippen MR) is 53.5 cm³/mol. The number of nitrogens with two attached hydrogens (primary N) is 1. The molecule has 13 heavy (non-hydrogen) atoms. The van der Waals surface area contributed by atoms with Gasteiger partial charge in [-0.1, -0.05) is 12.8 Å². The first-order valence-corrected chi connectivity index (χ1v) is 5.66. The van der Waals surface area contributed by atoms with Crippen LogP contribution in [0.3, 0.4) is 0 Å². The first-order chi connectivity index (χ1) is 6.25. The van der Waals surface area contributed by atoms with E-state index >= 15 is 0 Å². The quantitative estimate of drug-likeness (QED) is 0.711. The summed E-state index contributed by atoms with van der Waals surface area (Å²) in [6.45, 7) is 2.07. The molecule has 4 atom stereocenters. The van der Waals surface area contributed by atoms with Gasteiger partial charge in [-0.15, -0.1) is 0 Å². The van der Waals surface area contributed by atoms with Gasteiger partial charge in [-0.2, -0.15) is 0 Å². The minimum absolute atomic E-state index is 0.296. The summed E-state index contributed by atoms with van der Waals surface area (Å²) in [7, 11) is 0. The number of fused-ring (bicyclic) bond motifs is 1. The average Bonchev–Trinajstić information content (AvgIpc) is 2.44. The number of rotatable bonds is 2. The lowest BCUT2D eigenvalue weighted by atomic mass is 9.85. The molecule has 2 rings (SSSR count). The number of hydrogen-bond donors (Lipinski definition) is 1. The monoisotopic (exact) mass is 183 g/mol. The summed E-state index contributed by atoms with van der Waals surface area (Å²) in [5.41, 5.74) is 5.78. The van der Waals surface area contributed by atoms with E-state index in [-0.39, 0.29) is 0 Å². The van der Waals surface area contributed by atoms with E-state index in [1.54, 1.807) is 0 Å². The summed E-state index contributed by atoms with van der Waals surface area (Å²) in [4.78, 5) is 0. The third-order valence-corrected chi connectivity index (χ3v) is 3.41. The van der Waals surface area contributed by atoms with Gasteiger partial charge < -0.3 is 10.5 Å². The predicted octanol–water partition coefficient (Wildman–Crippen LogP) is 2.07. The fourth-order valence-corrected chi connectivity index (χ4v) is 2.83. The summed E-state index contributed by atoms with van der Waals surface area (Å²) >= 11 is 0. The smallest absolute Gasteiger partial charge is 0.0608 e. The largest absolute Gasteiger partial charge is 0.375 e. The van der Waals surface area contributed by atoms with Gasteiger partial charge in [0.25, 0.3) is 0 Å². The molecule has 76 valence electrons. The molecule has 1 aliphatic heterocycles. The van der Waals surface area contributed by atoms with Crippen molar-refractivity contribution in [3.05, 3.63) is 0 Å². The van der Waals surface area contributed by atoms with Crippen LogP contribution < -0.4 is 5.73 Å². The molecule has 2 aliphatic rings. The van der Waals surface area contributed by atoms with Crippen LogP contribution in [-0.2, 0) is 4.74 Å². The molecular formula is C11H21NO. The summed E-state index contributed by atoms with van der Waals surface area (Å²) in [6, 6.07) is 0.296. The first kappa shape index (κ1) is 9.47. The third-order valence-electron chi connectivity index (χ3n) is 3.41. The summed E-state index contributed by atoms with van der Waals surface area (Å²) in [5.74, 6) is 0.859. The van der Waals surface area contributed by atoms with E-state index in [0.29, 0.717) is 18.2 Å². The van der Waals surface area contributed by atoms with E-state index in [1.807, 2.05) is 0 Å². The molecule has 0 bridgehead atoms. The molecule has 2 nitrogen and oxygen atoms in total. The van der Waals surface area contributed by atoms with Crippen LogP contribution in [0.1, 0.15) is 45.4 Å². The maximum Gasteiger partial charge on any atom is 0.0608 e. The van der Waals surface area contributed by atoms with Gasteiger partial charge in [-0.05, 0) is 38.5 Å². The Morgan fingerprint density at radius 1 is 1.38 bits per heavy atom. The Labute approximate surface area is 80.8 Å². The molecular weight excluding hydrogens is 162 g/mol. The SMILES string of the molecule is CC(N)CC1CC2CCCCC2O1. The first-order valence-electron chi connectivity index (χ1n) is 5.66. The van der Waals surface area contributed by atoms with Crippen LogP contribution in [0.5, 0.6) is 0 Å². The van der Waals surface area contributed by atoms with Crippen LogP contribution >= 0.6 is 0 Å². The van der Waals surface area contributed by atoms with Gasteiger partial charge in [0, 0.05) is 6.04 Å². The second-order valence-corrected chi connectivity index (χ2v) is 4.79. The van der Waals surface area contributed by atoms with Crippen LogP contribution in [0, 0.1) is 5.92 Å². The van der Waals surface area contributed by atoms with Gasteiger partial charge >= 0.3 is 0 Å². The highest BCUT2D eigenvalue weighted by molar-refractivity contribution is 4.86. The molecule has 2 N–H and O–H groups in total. The van der Waals surface area contributed by atoms with Gasteiger partial charge in [-0.3, -0.25) is 0 Å². The topological polar surface area (TPSA) is 35.2 Å². The average molecular weight is 183 g/mol. The Morgan fingerprint density at radius 2 is 2.15 bits per heavy atom. The summed E-state index contributed by atoms with van der Waals surface area (Å²) in [6.07, 6.45) is 8.83. The fraction of sp³-hybridized carbons (Fsp3) is 1.00. The van der Waals surface area contributed by atoms with Crippen molar-refractivity contribution in [3.8, 4) is 0 Å². The second-order valence-electron chi connectivity index (χ2n) is 4.79. The van der Waals surface area contributed by atoms with Crippen molar-refractivity contribution in [1.29, 1.82) is 0 Å². The zero-order valence-corrected chi connectivity index (χ0v) is 8.54. The molecule has 1 heterocycles. The molecule has 0 aromatic carbocycles. The molecule has 1 saturated carbocycles. The lowest BCUT2D eigenvalue weighted by Crippen LogP contribution is -2.23. The Balaban J connectivity index is 1.84. The van der Waals surface area contributed by atoms with Gasteiger partial charge in [0.15, 0.2) is 0 Å². The van der Waals surface area contributed by atoms with Gasteiger partial charge in [0.05, 0.1) is 12.2 Å². The zero-order valence-electron chi connectivity index (χ0n) is 8.54. The molecule has 0 amide bonds. The normalized spacial score (nSPS) is 41.5. The Kier molecular flexibility index (Phi) is 2.89. The van der Waals surface area contributed by atoms with E-state index in [9.17, 15) is 0 Å². The highest BCUT2D eigenvalue weighted by Crippen LogP contribution is 2.38. The fourth-order valence-electron chi connectivity index (χ4n) is 2.83. The second kappa shape index (κ2) is 3.97. The summed E-state index contributed by atoms with van der Waals surface area (Å²) < 4.78 is 6.00. The van der Waals surface area contributed by atoms with Crippen molar-refractivity contribution in [2.24, 2.45) is 11.7 Å². The van der Waals surface area contributed by atoms with Gasteiger partial charge in [0.1, 0.15) is 0 Å². The van der Waals surface area contributed by atoms with E-state index in [0.717, 1.165) is 12.3 Å². The van der Waals surface area contributed by atoms with Crippen LogP contribution in [-0.4, -0.2) is 18.2 Å². The van der Waals surface area contributed by atoms with Crippen LogP contribution in [0.2, 0.25) is 0 Å². The highest BCUT2D eigenvalue weighted by atomic mass is 16.5. The van der Waals surface area contributed by atoms with Gasteiger partial charge in [0.2, 0.25) is 0 Å². The Bertz CT molecular complexity index is 155. The molecule has 0 radical (unpaired) electrons. The standard InChI is InChI=1S/C11H21NO/c1-8(12)6-10-7-9-4-2-3-5-11(9)13-10/h8-11H,2-7,12H2,1H3. The van der Waals surface area contributed by atoms with Crippen molar-refractivity contribution in [1.82, 2.24) is 0 Å². The van der Waals surface area contributed by atoms with Crippen molar-refractivity contribution >= 4 is 0 Å². The van der Waals surface area contributed by atoms with Crippen molar-refractivity contribution < 1.29 is 4.74 Å². The van der Waals surface area contributed by atoms with Crippen molar-refractivity contribution in [2.75, 3.05) is 0 Å². The highest BCUT2D eigenvalue weighted by Gasteiger charge is 2.36. The Morgan fingerprint density at radius 3 is 2.85 bits per heavy atom. The van der Waals surface area contributed by atoms with E-state index in [1.165, 1.54) is 32.1 Å². The van der Waals surface area contributed by atoms with E-state index < -0.39 is 0 Å². The van der Waals surface area contributed by atoms with Crippen LogP contribution in [0.15, 0.2) is 0 Å². The molecule has 4 unspecified atom stereocenters.